The first-order valence-electron chi connectivity index (χ1n) is 6.38. The summed E-state index contributed by atoms with van der Waals surface area (Å²) in [5.41, 5.74) is -0.0111. The molecule has 116 valence electrons. The van der Waals surface area contributed by atoms with Crippen molar-refractivity contribution >= 4 is 5.97 Å². The number of hydrogen-bond acceptors (Lipinski definition) is 3. The van der Waals surface area contributed by atoms with Gasteiger partial charge in [0.2, 0.25) is 0 Å². The second-order valence-corrected chi connectivity index (χ2v) is 4.64. The molecule has 0 amide bonds. The number of carbonyl (C=O) groups excluding carboxylic acids is 1. The lowest BCUT2D eigenvalue weighted by Crippen LogP contribution is -2.07. The number of alkyl halides is 3. The molecule has 6 heteroatoms. The number of aromatic hydroxyl groups is 1. The van der Waals surface area contributed by atoms with Crippen molar-refractivity contribution in [2.75, 3.05) is 7.11 Å². The molecular formula is C16H13F3O3. The lowest BCUT2D eigenvalue weighted by Gasteiger charge is -2.13. The van der Waals surface area contributed by atoms with Crippen molar-refractivity contribution < 1.29 is 27.8 Å². The van der Waals surface area contributed by atoms with Crippen LogP contribution in [0.25, 0.3) is 11.1 Å². The highest BCUT2D eigenvalue weighted by molar-refractivity contribution is 5.80. The van der Waals surface area contributed by atoms with E-state index in [1.807, 2.05) is 0 Å². The third-order valence-electron chi connectivity index (χ3n) is 3.19. The van der Waals surface area contributed by atoms with Crippen LogP contribution >= 0.6 is 0 Å². The van der Waals surface area contributed by atoms with Crippen molar-refractivity contribution in [2.24, 2.45) is 0 Å². The monoisotopic (exact) mass is 310 g/mol. The number of phenols is 1. The lowest BCUT2D eigenvalue weighted by atomic mass is 9.95. The first-order valence-corrected chi connectivity index (χ1v) is 6.38. The Morgan fingerprint density at radius 1 is 1.14 bits per heavy atom. The molecule has 0 heterocycles. The number of rotatable bonds is 3. The van der Waals surface area contributed by atoms with Crippen LogP contribution in [-0.4, -0.2) is 18.2 Å². The lowest BCUT2D eigenvalue weighted by molar-refractivity contribution is -0.140. The molecule has 0 aromatic heterocycles. The standard InChI is InChI=1S/C16H13F3O3/c1-22-15(21)8-10-4-2-3-5-12(10)13-9-11(16(17,18)19)6-7-14(13)20/h2-7,9,20H,8H2,1H3. The molecule has 0 aliphatic carbocycles. The SMILES string of the molecule is COC(=O)Cc1ccccc1-c1cc(C(F)(F)F)ccc1O. The molecule has 0 aliphatic heterocycles. The summed E-state index contributed by atoms with van der Waals surface area (Å²) in [6.07, 6.45) is -4.61. The average molecular weight is 310 g/mol. The van der Waals surface area contributed by atoms with E-state index in [9.17, 15) is 23.1 Å². The van der Waals surface area contributed by atoms with Gasteiger partial charge in [0.15, 0.2) is 0 Å². The van der Waals surface area contributed by atoms with E-state index in [0.29, 0.717) is 11.1 Å². The fourth-order valence-electron chi connectivity index (χ4n) is 2.09. The minimum Gasteiger partial charge on any atom is -0.507 e. The predicted molar refractivity (Wildman–Crippen MR) is 74.3 cm³/mol. The first-order chi connectivity index (χ1) is 10.3. The molecule has 2 rings (SSSR count). The Hall–Kier alpha value is -2.50. The van der Waals surface area contributed by atoms with Crippen LogP contribution in [0.4, 0.5) is 13.2 Å². The van der Waals surface area contributed by atoms with E-state index in [1.54, 1.807) is 24.3 Å². The summed E-state index contributed by atoms with van der Waals surface area (Å²) in [4.78, 5) is 11.4. The number of carbonyl (C=O) groups is 1. The molecule has 2 aromatic carbocycles. The summed E-state index contributed by atoms with van der Waals surface area (Å²) in [7, 11) is 1.23. The first kappa shape index (κ1) is 15.9. The summed E-state index contributed by atoms with van der Waals surface area (Å²) in [6, 6.07) is 9.10. The maximum atomic E-state index is 12.8. The number of benzene rings is 2. The van der Waals surface area contributed by atoms with Crippen LogP contribution in [0.1, 0.15) is 11.1 Å². The molecule has 0 unspecified atom stereocenters. The minimum absolute atomic E-state index is 0.0225. The summed E-state index contributed by atoms with van der Waals surface area (Å²) < 4.78 is 43.0. The van der Waals surface area contributed by atoms with Crippen molar-refractivity contribution in [1.29, 1.82) is 0 Å². The fourth-order valence-corrected chi connectivity index (χ4v) is 2.09. The Morgan fingerprint density at radius 3 is 2.45 bits per heavy atom. The van der Waals surface area contributed by atoms with Crippen LogP contribution in [-0.2, 0) is 22.1 Å². The van der Waals surface area contributed by atoms with Gasteiger partial charge in [-0.15, -0.1) is 0 Å². The summed E-state index contributed by atoms with van der Waals surface area (Å²) in [6.45, 7) is 0. The molecule has 1 N–H and O–H groups in total. The van der Waals surface area contributed by atoms with Gasteiger partial charge in [-0.2, -0.15) is 13.2 Å². The van der Waals surface area contributed by atoms with Crippen molar-refractivity contribution in [2.45, 2.75) is 12.6 Å². The van der Waals surface area contributed by atoms with Crippen LogP contribution in [0.5, 0.6) is 5.75 Å². The fraction of sp³-hybridized carbons (Fsp3) is 0.188. The van der Waals surface area contributed by atoms with Gasteiger partial charge in [-0.25, -0.2) is 0 Å². The van der Waals surface area contributed by atoms with Gasteiger partial charge in [0.25, 0.3) is 0 Å². The Morgan fingerprint density at radius 2 is 1.82 bits per heavy atom. The predicted octanol–water partition coefficient (Wildman–Crippen LogP) is 3.79. The Labute approximate surface area is 125 Å². The number of halogens is 3. The summed E-state index contributed by atoms with van der Waals surface area (Å²) in [5.74, 6) is -0.802. The second kappa shape index (κ2) is 6.09. The van der Waals surface area contributed by atoms with Gasteiger partial charge < -0.3 is 9.84 Å². The maximum Gasteiger partial charge on any atom is 0.416 e. The number of hydrogen-bond donors (Lipinski definition) is 1. The summed E-state index contributed by atoms with van der Waals surface area (Å²) >= 11 is 0. The van der Waals surface area contributed by atoms with E-state index in [0.717, 1.165) is 18.2 Å². The molecule has 0 radical (unpaired) electrons. The van der Waals surface area contributed by atoms with Crippen molar-refractivity contribution in [1.82, 2.24) is 0 Å². The highest BCUT2D eigenvalue weighted by Gasteiger charge is 2.31. The molecule has 2 aromatic rings. The van der Waals surface area contributed by atoms with Crippen LogP contribution in [0.2, 0.25) is 0 Å². The largest absolute Gasteiger partial charge is 0.507 e. The van der Waals surface area contributed by atoms with Gasteiger partial charge in [0, 0.05) is 5.56 Å². The van der Waals surface area contributed by atoms with Crippen LogP contribution < -0.4 is 0 Å². The third kappa shape index (κ3) is 3.39. The van der Waals surface area contributed by atoms with E-state index in [4.69, 9.17) is 0 Å². The number of ether oxygens (including phenoxy) is 1. The summed E-state index contributed by atoms with van der Waals surface area (Å²) in [5, 5.41) is 9.89. The van der Waals surface area contributed by atoms with Gasteiger partial charge in [-0.3, -0.25) is 4.79 Å². The highest BCUT2D eigenvalue weighted by atomic mass is 19.4. The zero-order chi connectivity index (χ0) is 16.3. The zero-order valence-corrected chi connectivity index (χ0v) is 11.6. The molecule has 0 aliphatic rings. The van der Waals surface area contributed by atoms with Gasteiger partial charge >= 0.3 is 12.1 Å². The Bertz CT molecular complexity index is 693. The normalized spacial score (nSPS) is 11.3. The highest BCUT2D eigenvalue weighted by Crippen LogP contribution is 2.37. The van der Waals surface area contributed by atoms with E-state index >= 15 is 0 Å². The molecular weight excluding hydrogens is 297 g/mol. The Balaban J connectivity index is 2.54. The van der Waals surface area contributed by atoms with Gasteiger partial charge in [0.1, 0.15) is 5.75 Å². The quantitative estimate of drug-likeness (QED) is 0.877. The van der Waals surface area contributed by atoms with E-state index < -0.39 is 17.7 Å². The molecule has 0 saturated heterocycles. The molecule has 0 spiro atoms. The molecule has 0 fully saturated rings. The molecule has 3 nitrogen and oxygen atoms in total. The number of methoxy groups -OCH3 is 1. The Kier molecular flexibility index (Phi) is 4.40. The molecule has 0 bridgehead atoms. The van der Waals surface area contributed by atoms with Crippen molar-refractivity contribution in [3.8, 4) is 16.9 Å². The number of phenolic OH excluding ortho intramolecular Hbond substituents is 1. The average Bonchev–Trinajstić information content (AvgIpc) is 2.47. The van der Waals surface area contributed by atoms with Crippen LogP contribution in [0.3, 0.4) is 0 Å². The number of esters is 1. The maximum absolute atomic E-state index is 12.8. The van der Waals surface area contributed by atoms with Crippen LogP contribution in [0.15, 0.2) is 42.5 Å². The molecule has 0 saturated carbocycles. The van der Waals surface area contributed by atoms with E-state index in [1.165, 1.54) is 7.11 Å². The smallest absolute Gasteiger partial charge is 0.416 e. The van der Waals surface area contributed by atoms with Crippen LogP contribution in [0, 0.1) is 0 Å². The topological polar surface area (TPSA) is 46.5 Å². The van der Waals surface area contributed by atoms with Gasteiger partial charge in [-0.05, 0) is 29.3 Å². The van der Waals surface area contributed by atoms with Crippen molar-refractivity contribution in [3.63, 3.8) is 0 Å². The minimum atomic E-state index is -4.51. The van der Waals surface area contributed by atoms with Crippen molar-refractivity contribution in [3.05, 3.63) is 53.6 Å². The van der Waals surface area contributed by atoms with E-state index in [-0.39, 0.29) is 17.7 Å². The third-order valence-corrected chi connectivity index (χ3v) is 3.19. The molecule has 0 atom stereocenters. The molecule has 22 heavy (non-hydrogen) atoms. The van der Waals surface area contributed by atoms with E-state index in [2.05, 4.69) is 4.74 Å². The zero-order valence-electron chi connectivity index (χ0n) is 11.6. The second-order valence-electron chi connectivity index (χ2n) is 4.64. The van der Waals surface area contributed by atoms with Gasteiger partial charge in [-0.1, -0.05) is 24.3 Å². The van der Waals surface area contributed by atoms with Gasteiger partial charge in [0.05, 0.1) is 19.1 Å².